The molecule has 10 heteroatoms. The van der Waals surface area contributed by atoms with Crippen LogP contribution in [0.15, 0.2) is 57.4 Å². The predicted octanol–water partition coefficient (Wildman–Crippen LogP) is 2.05. The third-order valence-corrected chi connectivity index (χ3v) is 6.09. The van der Waals surface area contributed by atoms with E-state index in [1.807, 2.05) is 47.8 Å². The van der Waals surface area contributed by atoms with E-state index in [1.165, 1.54) is 34.6 Å². The Kier molecular flexibility index (Phi) is 5.31. The molecule has 8 nitrogen and oxygen atoms in total. The van der Waals surface area contributed by atoms with E-state index in [2.05, 4.69) is 10.3 Å². The number of nitrogens with one attached hydrogen (secondary N) is 1. The van der Waals surface area contributed by atoms with Crippen molar-refractivity contribution in [2.45, 2.75) is 12.6 Å². The zero-order chi connectivity index (χ0) is 21.4. The van der Waals surface area contributed by atoms with E-state index < -0.39 is 11.2 Å². The molecule has 0 aliphatic rings. The van der Waals surface area contributed by atoms with Crippen LogP contribution >= 0.6 is 22.9 Å². The Morgan fingerprint density at radius 1 is 1.13 bits per heavy atom. The minimum Gasteiger partial charge on any atom is -0.343 e. The first-order chi connectivity index (χ1) is 14.4. The van der Waals surface area contributed by atoms with Crippen molar-refractivity contribution in [3.8, 4) is 0 Å². The first kappa shape index (κ1) is 20.1. The number of fused-ring (bicyclic) bond motifs is 1. The summed E-state index contributed by atoms with van der Waals surface area (Å²) in [5, 5.41) is 4.92. The molecule has 0 spiro atoms. The predicted molar refractivity (Wildman–Crippen MR) is 116 cm³/mol. The molecule has 1 atom stereocenters. The normalized spacial score (nSPS) is 12.2. The molecular formula is C20H18ClN5O3S. The Labute approximate surface area is 180 Å². The highest BCUT2D eigenvalue weighted by Gasteiger charge is 2.22. The first-order valence-corrected chi connectivity index (χ1v) is 10.3. The molecule has 3 aromatic heterocycles. The van der Waals surface area contributed by atoms with Crippen LogP contribution < -0.4 is 16.6 Å². The number of amides is 1. The molecule has 1 N–H and O–H groups in total. The summed E-state index contributed by atoms with van der Waals surface area (Å²) in [6.45, 7) is -0.211. The maximum Gasteiger partial charge on any atom is 0.332 e. The molecule has 0 saturated carbocycles. The number of carbonyl (C=O) groups excluding carboxylic acids is 1. The number of imidazole rings is 1. The molecule has 0 saturated heterocycles. The minimum atomic E-state index is -0.557. The van der Waals surface area contributed by atoms with Crippen molar-refractivity contribution < 1.29 is 4.79 Å². The third kappa shape index (κ3) is 3.46. The van der Waals surface area contributed by atoms with Crippen LogP contribution in [0.5, 0.6) is 0 Å². The molecule has 0 aliphatic heterocycles. The van der Waals surface area contributed by atoms with Gasteiger partial charge in [-0.15, -0.1) is 11.3 Å². The third-order valence-electron chi connectivity index (χ3n) is 4.87. The van der Waals surface area contributed by atoms with E-state index in [4.69, 9.17) is 11.6 Å². The number of thiophene rings is 1. The van der Waals surface area contributed by atoms with Gasteiger partial charge in [0.15, 0.2) is 11.2 Å². The molecule has 0 fully saturated rings. The number of aromatic nitrogens is 4. The summed E-state index contributed by atoms with van der Waals surface area (Å²) in [6.07, 6.45) is 0. The van der Waals surface area contributed by atoms with Gasteiger partial charge in [0.25, 0.3) is 5.56 Å². The lowest BCUT2D eigenvalue weighted by atomic mass is 10.1. The Morgan fingerprint density at radius 2 is 1.87 bits per heavy atom. The molecule has 1 amide bonds. The van der Waals surface area contributed by atoms with Crippen LogP contribution in [0.2, 0.25) is 5.28 Å². The number of aryl methyl sites for hydroxylation is 1. The average molecular weight is 444 g/mol. The summed E-state index contributed by atoms with van der Waals surface area (Å²) < 4.78 is 3.52. The molecule has 1 aromatic carbocycles. The summed E-state index contributed by atoms with van der Waals surface area (Å²) in [6, 6.07) is 13.2. The Hall–Kier alpha value is -3.17. The van der Waals surface area contributed by atoms with Gasteiger partial charge in [0, 0.05) is 19.0 Å². The molecule has 30 heavy (non-hydrogen) atoms. The molecule has 1 unspecified atom stereocenters. The summed E-state index contributed by atoms with van der Waals surface area (Å²) in [5.41, 5.74) is 0.109. The highest BCUT2D eigenvalue weighted by atomic mass is 35.5. The highest BCUT2D eigenvalue weighted by Crippen LogP contribution is 2.26. The van der Waals surface area contributed by atoms with Crippen LogP contribution in [0.1, 0.15) is 16.5 Å². The van der Waals surface area contributed by atoms with Crippen LogP contribution in [-0.4, -0.2) is 24.6 Å². The lowest BCUT2D eigenvalue weighted by Gasteiger charge is -2.18. The van der Waals surface area contributed by atoms with Crippen molar-refractivity contribution in [1.29, 1.82) is 0 Å². The second kappa shape index (κ2) is 7.92. The second-order valence-electron chi connectivity index (χ2n) is 6.77. The highest BCUT2D eigenvalue weighted by molar-refractivity contribution is 7.10. The van der Waals surface area contributed by atoms with Gasteiger partial charge in [0.1, 0.15) is 6.54 Å². The van der Waals surface area contributed by atoms with Crippen LogP contribution in [0.4, 0.5) is 0 Å². The van der Waals surface area contributed by atoms with Crippen molar-refractivity contribution in [2.24, 2.45) is 14.1 Å². The van der Waals surface area contributed by atoms with Crippen molar-refractivity contribution >= 4 is 40.0 Å². The second-order valence-corrected chi connectivity index (χ2v) is 8.09. The number of hydrogen-bond donors (Lipinski definition) is 1. The van der Waals surface area contributed by atoms with Crippen molar-refractivity contribution in [2.75, 3.05) is 0 Å². The SMILES string of the molecule is Cn1c(=O)c2c(nc(Cl)n2CC(=O)NC(c2ccccc2)c2cccs2)n(C)c1=O. The summed E-state index contributed by atoms with van der Waals surface area (Å²) in [7, 11) is 2.87. The van der Waals surface area contributed by atoms with Crippen molar-refractivity contribution in [1.82, 2.24) is 24.0 Å². The van der Waals surface area contributed by atoms with E-state index in [9.17, 15) is 14.4 Å². The molecular weight excluding hydrogens is 426 g/mol. The van der Waals surface area contributed by atoms with Crippen LogP contribution in [-0.2, 0) is 25.4 Å². The fourth-order valence-electron chi connectivity index (χ4n) is 3.33. The standard InChI is InChI=1S/C20H18ClN5O3S/c1-24-17-16(18(28)25(2)20(24)29)26(19(21)23-17)11-14(27)22-15(13-9-6-10-30-13)12-7-4-3-5-8-12/h3-10,15H,11H2,1-2H3,(H,22,27). The number of carbonyl (C=O) groups is 1. The van der Waals surface area contributed by atoms with E-state index in [1.54, 1.807) is 0 Å². The Balaban J connectivity index is 1.70. The fraction of sp³-hybridized carbons (Fsp3) is 0.200. The first-order valence-electron chi connectivity index (χ1n) is 9.08. The van der Waals surface area contributed by atoms with Gasteiger partial charge < -0.3 is 5.32 Å². The van der Waals surface area contributed by atoms with Gasteiger partial charge in [0.2, 0.25) is 11.2 Å². The van der Waals surface area contributed by atoms with Gasteiger partial charge in [-0.3, -0.25) is 23.3 Å². The monoisotopic (exact) mass is 443 g/mol. The molecule has 0 radical (unpaired) electrons. The van der Waals surface area contributed by atoms with Crippen LogP contribution in [0.3, 0.4) is 0 Å². The number of benzene rings is 1. The Morgan fingerprint density at radius 3 is 2.53 bits per heavy atom. The van der Waals surface area contributed by atoms with Crippen molar-refractivity contribution in [3.05, 3.63) is 84.4 Å². The largest absolute Gasteiger partial charge is 0.343 e. The number of rotatable bonds is 5. The lowest BCUT2D eigenvalue weighted by Crippen LogP contribution is -2.38. The van der Waals surface area contributed by atoms with Crippen LogP contribution in [0.25, 0.3) is 11.2 Å². The Bertz CT molecular complexity index is 1340. The summed E-state index contributed by atoms with van der Waals surface area (Å²) in [4.78, 5) is 42.8. The van der Waals surface area contributed by atoms with E-state index in [-0.39, 0.29) is 34.9 Å². The molecule has 4 aromatic rings. The summed E-state index contributed by atoms with van der Waals surface area (Å²) in [5.74, 6) is -0.339. The van der Waals surface area contributed by atoms with Gasteiger partial charge in [-0.05, 0) is 28.6 Å². The smallest absolute Gasteiger partial charge is 0.332 e. The quantitative estimate of drug-likeness (QED) is 0.478. The number of nitrogens with zero attached hydrogens (tertiary/aromatic N) is 4. The maximum absolute atomic E-state index is 12.9. The van der Waals surface area contributed by atoms with Gasteiger partial charge >= 0.3 is 5.69 Å². The van der Waals surface area contributed by atoms with Gasteiger partial charge in [-0.2, -0.15) is 4.98 Å². The summed E-state index contributed by atoms with van der Waals surface area (Å²) >= 11 is 7.76. The topological polar surface area (TPSA) is 90.9 Å². The molecule has 154 valence electrons. The van der Waals surface area contributed by atoms with Crippen molar-refractivity contribution in [3.63, 3.8) is 0 Å². The fourth-order valence-corrected chi connectivity index (χ4v) is 4.36. The van der Waals surface area contributed by atoms with Crippen LogP contribution in [0, 0.1) is 0 Å². The molecule has 0 bridgehead atoms. The van der Waals surface area contributed by atoms with Gasteiger partial charge in [0.05, 0.1) is 6.04 Å². The molecule has 3 heterocycles. The zero-order valence-electron chi connectivity index (χ0n) is 16.2. The average Bonchev–Trinajstić information content (AvgIpc) is 3.38. The molecule has 4 rings (SSSR count). The maximum atomic E-state index is 12.9. The zero-order valence-corrected chi connectivity index (χ0v) is 17.8. The van der Waals surface area contributed by atoms with E-state index in [0.29, 0.717) is 0 Å². The number of hydrogen-bond acceptors (Lipinski definition) is 5. The van der Waals surface area contributed by atoms with E-state index in [0.717, 1.165) is 15.0 Å². The number of halogens is 1. The minimum absolute atomic E-state index is 0.0363. The lowest BCUT2D eigenvalue weighted by molar-refractivity contribution is -0.122. The molecule has 0 aliphatic carbocycles. The van der Waals surface area contributed by atoms with Gasteiger partial charge in [-0.1, -0.05) is 36.4 Å². The van der Waals surface area contributed by atoms with Gasteiger partial charge in [-0.25, -0.2) is 4.79 Å². The van der Waals surface area contributed by atoms with E-state index >= 15 is 0 Å².